The van der Waals surface area contributed by atoms with Gasteiger partial charge in [-0.3, -0.25) is 4.79 Å². The lowest BCUT2D eigenvalue weighted by molar-refractivity contribution is 0.102. The number of benzene rings is 2. The minimum Gasteiger partial charge on any atom is -0.491 e. The van der Waals surface area contributed by atoms with Crippen LogP contribution in [0.3, 0.4) is 0 Å². The molecule has 0 saturated carbocycles. The van der Waals surface area contributed by atoms with Crippen molar-refractivity contribution in [1.29, 1.82) is 0 Å². The summed E-state index contributed by atoms with van der Waals surface area (Å²) in [7, 11) is 0. The van der Waals surface area contributed by atoms with Crippen LogP contribution in [0.2, 0.25) is 0 Å². The summed E-state index contributed by atoms with van der Waals surface area (Å²) in [5, 5.41) is 12.1. The van der Waals surface area contributed by atoms with Gasteiger partial charge in [0.05, 0.1) is 6.10 Å². The van der Waals surface area contributed by atoms with Crippen LogP contribution >= 0.6 is 0 Å². The van der Waals surface area contributed by atoms with Gasteiger partial charge in [0.1, 0.15) is 23.9 Å². The van der Waals surface area contributed by atoms with Crippen LogP contribution in [-0.2, 0) is 6.61 Å². The van der Waals surface area contributed by atoms with Gasteiger partial charge in [-0.05, 0) is 80.4 Å². The van der Waals surface area contributed by atoms with Crippen molar-refractivity contribution in [2.45, 2.75) is 39.9 Å². The Morgan fingerprint density at radius 1 is 1.14 bits per heavy atom. The first-order valence-electron chi connectivity index (χ1n) is 9.38. The average molecular weight is 379 g/mol. The fourth-order valence-electron chi connectivity index (χ4n) is 2.83. The Bertz CT molecular complexity index is 943. The van der Waals surface area contributed by atoms with E-state index in [9.17, 15) is 4.79 Å². The van der Waals surface area contributed by atoms with Crippen molar-refractivity contribution < 1.29 is 19.1 Å². The fourth-order valence-corrected chi connectivity index (χ4v) is 2.83. The molecule has 0 bridgehead atoms. The number of anilines is 1. The molecule has 1 aromatic heterocycles. The number of rotatable bonds is 7. The number of carbonyl (C=O) groups excluding carboxylic acids is 1. The summed E-state index contributed by atoms with van der Waals surface area (Å²) < 4.78 is 11.3. The maximum Gasteiger partial charge on any atom is 0.255 e. The monoisotopic (exact) mass is 379 g/mol. The number of hydrogen-bond donors (Lipinski definition) is 2. The summed E-state index contributed by atoms with van der Waals surface area (Å²) in [6, 6.07) is 16.3. The highest BCUT2D eigenvalue weighted by molar-refractivity contribution is 6.04. The van der Waals surface area contributed by atoms with Gasteiger partial charge < -0.3 is 19.6 Å². The molecule has 0 unspecified atom stereocenters. The lowest BCUT2D eigenvalue weighted by Gasteiger charge is -2.13. The molecule has 0 aliphatic heterocycles. The number of hydrogen-bond acceptors (Lipinski definition) is 4. The molecule has 0 spiro atoms. The van der Waals surface area contributed by atoms with Crippen LogP contribution < -0.4 is 10.1 Å². The zero-order valence-corrected chi connectivity index (χ0v) is 16.4. The van der Waals surface area contributed by atoms with Gasteiger partial charge in [-0.2, -0.15) is 0 Å². The van der Waals surface area contributed by atoms with E-state index in [1.165, 1.54) is 0 Å². The summed E-state index contributed by atoms with van der Waals surface area (Å²) in [6.07, 6.45) is 1.07. The van der Waals surface area contributed by atoms with Gasteiger partial charge in [0.25, 0.3) is 5.91 Å². The van der Waals surface area contributed by atoms with Gasteiger partial charge in [0.15, 0.2) is 0 Å². The summed E-state index contributed by atoms with van der Waals surface area (Å²) in [5.41, 5.74) is 3.16. The van der Waals surface area contributed by atoms with Crippen molar-refractivity contribution in [3.8, 4) is 17.1 Å². The molecule has 1 atom stereocenters. The lowest BCUT2D eigenvalue weighted by atomic mass is 10.1. The molecule has 1 heterocycles. The molecule has 5 nitrogen and oxygen atoms in total. The molecule has 146 valence electrons. The predicted molar refractivity (Wildman–Crippen MR) is 110 cm³/mol. The highest BCUT2D eigenvalue weighted by Gasteiger charge is 2.11. The molecule has 0 aliphatic rings. The highest BCUT2D eigenvalue weighted by atomic mass is 16.5. The highest BCUT2D eigenvalue weighted by Crippen LogP contribution is 2.28. The van der Waals surface area contributed by atoms with Crippen molar-refractivity contribution >= 4 is 11.6 Å². The number of furan rings is 1. The Morgan fingerprint density at radius 2 is 1.89 bits per heavy atom. The first-order valence-corrected chi connectivity index (χ1v) is 9.38. The number of amides is 1. The molecule has 0 radical (unpaired) electrons. The van der Waals surface area contributed by atoms with Crippen molar-refractivity contribution in [3.05, 3.63) is 71.5 Å². The van der Waals surface area contributed by atoms with Gasteiger partial charge in [-0.1, -0.05) is 6.92 Å². The van der Waals surface area contributed by atoms with Crippen LogP contribution in [0.15, 0.2) is 59.0 Å². The third-order valence-electron chi connectivity index (χ3n) is 4.60. The van der Waals surface area contributed by atoms with Gasteiger partial charge >= 0.3 is 0 Å². The molecule has 2 N–H and O–H groups in total. The smallest absolute Gasteiger partial charge is 0.255 e. The molecule has 0 saturated heterocycles. The number of aryl methyl sites for hydroxylation is 1. The molecule has 3 aromatic rings. The molecule has 0 aliphatic carbocycles. The van der Waals surface area contributed by atoms with Crippen LogP contribution in [-0.4, -0.2) is 17.1 Å². The van der Waals surface area contributed by atoms with E-state index in [1.54, 1.807) is 18.2 Å². The van der Waals surface area contributed by atoms with Crippen LogP contribution in [0.1, 0.15) is 41.9 Å². The van der Waals surface area contributed by atoms with E-state index in [4.69, 9.17) is 14.3 Å². The zero-order chi connectivity index (χ0) is 20.1. The third-order valence-corrected chi connectivity index (χ3v) is 4.60. The van der Waals surface area contributed by atoms with E-state index in [0.29, 0.717) is 22.8 Å². The Balaban J connectivity index is 1.69. The molecule has 5 heteroatoms. The molecule has 3 rings (SSSR count). The van der Waals surface area contributed by atoms with E-state index in [-0.39, 0.29) is 18.6 Å². The molecular formula is C23H25NO4. The predicted octanol–water partition coefficient (Wildman–Crippen LogP) is 5.18. The second-order valence-electron chi connectivity index (χ2n) is 6.77. The first-order chi connectivity index (χ1) is 13.5. The topological polar surface area (TPSA) is 71.7 Å². The Kier molecular flexibility index (Phi) is 6.16. The minimum absolute atomic E-state index is 0.131. The maximum atomic E-state index is 12.5. The van der Waals surface area contributed by atoms with Crippen molar-refractivity contribution in [3.63, 3.8) is 0 Å². The largest absolute Gasteiger partial charge is 0.491 e. The number of nitrogens with one attached hydrogen (secondary N) is 1. The quantitative estimate of drug-likeness (QED) is 0.593. The summed E-state index contributed by atoms with van der Waals surface area (Å²) in [6.45, 7) is 5.90. The summed E-state index contributed by atoms with van der Waals surface area (Å²) >= 11 is 0. The van der Waals surface area contributed by atoms with Crippen LogP contribution in [0, 0.1) is 6.92 Å². The normalized spacial score (nSPS) is 11.9. The summed E-state index contributed by atoms with van der Waals surface area (Å²) in [5.74, 6) is 1.79. The molecular weight excluding hydrogens is 354 g/mol. The molecule has 1 amide bonds. The van der Waals surface area contributed by atoms with Crippen LogP contribution in [0.25, 0.3) is 11.3 Å². The van der Waals surface area contributed by atoms with E-state index in [0.717, 1.165) is 23.3 Å². The van der Waals surface area contributed by atoms with Gasteiger partial charge in [0, 0.05) is 16.8 Å². The fraction of sp³-hybridized carbons (Fsp3) is 0.261. The Morgan fingerprint density at radius 3 is 2.50 bits per heavy atom. The van der Waals surface area contributed by atoms with Crippen molar-refractivity contribution in [2.75, 3.05) is 5.32 Å². The van der Waals surface area contributed by atoms with Crippen molar-refractivity contribution in [2.24, 2.45) is 0 Å². The number of aliphatic hydroxyl groups is 1. The third kappa shape index (κ3) is 4.61. The molecule has 28 heavy (non-hydrogen) atoms. The Labute approximate surface area is 165 Å². The zero-order valence-electron chi connectivity index (χ0n) is 16.4. The van der Waals surface area contributed by atoms with E-state index in [1.807, 2.05) is 50.2 Å². The Hall–Kier alpha value is -3.05. The van der Waals surface area contributed by atoms with Crippen LogP contribution in [0.4, 0.5) is 5.69 Å². The standard InChI is InChI=1S/C23H25NO4/c1-4-16(3)27-19-8-5-17(6-9-19)23(26)24-18-7-11-21(15(2)13-18)22-12-10-20(14-25)28-22/h5-13,16,25H,4,14H2,1-3H3,(H,24,26)/t16-/m0/s1. The van der Waals surface area contributed by atoms with Gasteiger partial charge in [-0.15, -0.1) is 0 Å². The molecule has 2 aromatic carbocycles. The van der Waals surface area contributed by atoms with Gasteiger partial charge in [-0.25, -0.2) is 0 Å². The summed E-state index contributed by atoms with van der Waals surface area (Å²) in [4.78, 5) is 12.5. The van der Waals surface area contributed by atoms with E-state index < -0.39 is 0 Å². The lowest BCUT2D eigenvalue weighted by Crippen LogP contribution is -2.13. The second-order valence-corrected chi connectivity index (χ2v) is 6.77. The number of ether oxygens (including phenoxy) is 1. The SMILES string of the molecule is CC[C@H](C)Oc1ccc(C(=O)Nc2ccc(-c3ccc(CO)o3)c(C)c2)cc1. The molecule has 0 fully saturated rings. The van der Waals surface area contributed by atoms with Crippen molar-refractivity contribution in [1.82, 2.24) is 0 Å². The number of aliphatic hydroxyl groups excluding tert-OH is 1. The average Bonchev–Trinajstić information content (AvgIpc) is 3.17. The maximum absolute atomic E-state index is 12.5. The minimum atomic E-state index is -0.178. The van der Waals surface area contributed by atoms with E-state index in [2.05, 4.69) is 12.2 Å². The first kappa shape index (κ1) is 19.7. The van der Waals surface area contributed by atoms with Gasteiger partial charge in [0.2, 0.25) is 0 Å². The van der Waals surface area contributed by atoms with E-state index >= 15 is 0 Å². The second kappa shape index (κ2) is 8.76. The number of carbonyl (C=O) groups is 1. The van der Waals surface area contributed by atoms with Crippen LogP contribution in [0.5, 0.6) is 5.75 Å².